The van der Waals surface area contributed by atoms with Gasteiger partial charge in [0.25, 0.3) is 0 Å². The number of hydrogen-bond donors (Lipinski definition) is 0. The number of ether oxygens (including phenoxy) is 1. The molecule has 3 rings (SSSR count). The van der Waals surface area contributed by atoms with Crippen molar-refractivity contribution >= 4 is 6.09 Å². The Labute approximate surface area is 123 Å². The predicted octanol–water partition coefficient (Wildman–Crippen LogP) is 4.50. The van der Waals surface area contributed by atoms with Crippen molar-refractivity contribution in [3.63, 3.8) is 0 Å². The lowest BCUT2D eigenvalue weighted by Gasteiger charge is -2.41. The smallest absolute Gasteiger partial charge is 0.410 e. The lowest BCUT2D eigenvalue weighted by molar-refractivity contribution is -0.0569. The van der Waals surface area contributed by atoms with Crippen LogP contribution in [-0.4, -0.2) is 29.7 Å². The highest BCUT2D eigenvalue weighted by atomic mass is 16.6. The van der Waals surface area contributed by atoms with Gasteiger partial charge in [-0.15, -0.1) is 0 Å². The molecule has 0 atom stereocenters. The van der Waals surface area contributed by atoms with Crippen molar-refractivity contribution in [1.29, 1.82) is 0 Å². The molecule has 3 fully saturated rings. The molecular formula is C17H29NO2. The van der Waals surface area contributed by atoms with Gasteiger partial charge in [-0.1, -0.05) is 19.3 Å². The van der Waals surface area contributed by atoms with Crippen molar-refractivity contribution < 1.29 is 9.53 Å². The van der Waals surface area contributed by atoms with E-state index < -0.39 is 0 Å². The minimum atomic E-state index is -0.102. The molecule has 0 aromatic heterocycles. The summed E-state index contributed by atoms with van der Waals surface area (Å²) >= 11 is 0. The highest BCUT2D eigenvalue weighted by Crippen LogP contribution is 2.45. The summed E-state index contributed by atoms with van der Waals surface area (Å²) in [5, 5.41) is 0. The van der Waals surface area contributed by atoms with Crippen LogP contribution in [0.3, 0.4) is 0 Å². The largest absolute Gasteiger partial charge is 0.443 e. The van der Waals surface area contributed by atoms with E-state index in [4.69, 9.17) is 4.74 Å². The maximum atomic E-state index is 12.5. The van der Waals surface area contributed by atoms with Crippen molar-refractivity contribution in [2.24, 2.45) is 5.92 Å². The summed E-state index contributed by atoms with van der Waals surface area (Å²) < 4.78 is 6.16. The molecule has 0 aromatic rings. The number of rotatable bonds is 2. The van der Waals surface area contributed by atoms with Crippen LogP contribution >= 0.6 is 0 Å². The van der Waals surface area contributed by atoms with Crippen LogP contribution in [0.5, 0.6) is 0 Å². The van der Waals surface area contributed by atoms with Gasteiger partial charge in [0.2, 0.25) is 0 Å². The summed E-state index contributed by atoms with van der Waals surface area (Å²) in [6, 6.07) is 0. The lowest BCUT2D eigenvalue weighted by atomic mass is 9.76. The van der Waals surface area contributed by atoms with Gasteiger partial charge in [0.1, 0.15) is 5.60 Å². The van der Waals surface area contributed by atoms with Crippen molar-refractivity contribution in [2.45, 2.75) is 82.7 Å². The molecule has 0 spiro atoms. The first-order valence-electron chi connectivity index (χ1n) is 8.78. The third-order valence-electron chi connectivity index (χ3n) is 5.70. The van der Waals surface area contributed by atoms with E-state index in [9.17, 15) is 4.79 Å². The van der Waals surface area contributed by atoms with Crippen LogP contribution < -0.4 is 0 Å². The van der Waals surface area contributed by atoms with E-state index in [1.165, 1.54) is 51.4 Å². The van der Waals surface area contributed by atoms with Crippen LogP contribution in [-0.2, 0) is 4.74 Å². The highest BCUT2D eigenvalue weighted by Gasteiger charge is 2.45. The first-order valence-corrected chi connectivity index (χ1v) is 8.78. The van der Waals surface area contributed by atoms with Crippen LogP contribution in [0.1, 0.15) is 77.0 Å². The van der Waals surface area contributed by atoms with Gasteiger partial charge in [-0.25, -0.2) is 4.79 Å². The van der Waals surface area contributed by atoms with Gasteiger partial charge in [0.15, 0.2) is 0 Å². The van der Waals surface area contributed by atoms with Crippen LogP contribution in [0.25, 0.3) is 0 Å². The molecule has 1 amide bonds. The summed E-state index contributed by atoms with van der Waals surface area (Å²) in [5.41, 5.74) is -0.102. The van der Waals surface area contributed by atoms with E-state index in [-0.39, 0.29) is 11.7 Å². The quantitative estimate of drug-likeness (QED) is 0.744. The van der Waals surface area contributed by atoms with Gasteiger partial charge < -0.3 is 9.64 Å². The Bertz CT molecular complexity index is 324. The summed E-state index contributed by atoms with van der Waals surface area (Å²) in [6.07, 6.45) is 14.8. The molecule has 114 valence electrons. The molecule has 0 N–H and O–H groups in total. The fraction of sp³-hybridized carbons (Fsp3) is 0.941. The molecule has 3 heteroatoms. The summed E-state index contributed by atoms with van der Waals surface area (Å²) in [5.74, 6) is 0.632. The van der Waals surface area contributed by atoms with Crippen molar-refractivity contribution in [1.82, 2.24) is 4.90 Å². The average Bonchev–Trinajstić information content (AvgIpc) is 2.99. The van der Waals surface area contributed by atoms with Crippen molar-refractivity contribution in [2.75, 3.05) is 13.1 Å². The third-order valence-corrected chi connectivity index (χ3v) is 5.70. The lowest BCUT2D eigenvalue weighted by Crippen LogP contribution is -2.46. The van der Waals surface area contributed by atoms with Gasteiger partial charge in [-0.3, -0.25) is 0 Å². The number of nitrogens with zero attached hydrogens (tertiary/aromatic N) is 1. The first-order chi connectivity index (χ1) is 9.80. The predicted molar refractivity (Wildman–Crippen MR) is 79.7 cm³/mol. The molecule has 0 aromatic carbocycles. The van der Waals surface area contributed by atoms with Crippen molar-refractivity contribution in [3.8, 4) is 0 Å². The van der Waals surface area contributed by atoms with Gasteiger partial charge in [-0.05, 0) is 63.7 Å². The van der Waals surface area contributed by atoms with E-state index in [1.807, 2.05) is 4.90 Å². The SMILES string of the molecule is O=C(OC1(C2CCCCC2)CCCC1)N1CCCCC1. The summed E-state index contributed by atoms with van der Waals surface area (Å²) in [4.78, 5) is 14.5. The van der Waals surface area contributed by atoms with Gasteiger partial charge in [0, 0.05) is 13.1 Å². The monoisotopic (exact) mass is 279 g/mol. The highest BCUT2D eigenvalue weighted by molar-refractivity contribution is 5.68. The summed E-state index contributed by atoms with van der Waals surface area (Å²) in [7, 11) is 0. The molecule has 1 aliphatic heterocycles. The zero-order chi connectivity index (χ0) is 13.8. The minimum Gasteiger partial charge on any atom is -0.443 e. The van der Waals surface area contributed by atoms with E-state index in [1.54, 1.807) is 0 Å². The maximum Gasteiger partial charge on any atom is 0.410 e. The Balaban J connectivity index is 1.65. The Kier molecular flexibility index (Phi) is 4.52. The van der Waals surface area contributed by atoms with Crippen LogP contribution in [0.15, 0.2) is 0 Å². The molecular weight excluding hydrogens is 250 g/mol. The molecule has 3 nitrogen and oxygen atoms in total. The standard InChI is InChI=1S/C17H29NO2/c19-16(18-13-7-2-8-14-18)20-17(11-5-6-12-17)15-9-3-1-4-10-15/h15H,1-14H2. The number of carbonyl (C=O) groups is 1. The van der Waals surface area contributed by atoms with Crippen LogP contribution in [0, 0.1) is 5.92 Å². The minimum absolute atomic E-state index is 0.0165. The van der Waals surface area contributed by atoms with E-state index >= 15 is 0 Å². The number of amides is 1. The Morgan fingerprint density at radius 3 is 2.10 bits per heavy atom. The number of carbonyl (C=O) groups excluding carboxylic acids is 1. The Morgan fingerprint density at radius 1 is 0.850 bits per heavy atom. The molecule has 3 aliphatic rings. The molecule has 1 saturated heterocycles. The van der Waals surface area contributed by atoms with Gasteiger partial charge >= 0.3 is 6.09 Å². The fourth-order valence-electron chi connectivity index (χ4n) is 4.51. The number of piperidine rings is 1. The summed E-state index contributed by atoms with van der Waals surface area (Å²) in [6.45, 7) is 1.80. The van der Waals surface area contributed by atoms with Crippen LogP contribution in [0.4, 0.5) is 4.79 Å². The molecule has 2 saturated carbocycles. The molecule has 2 aliphatic carbocycles. The van der Waals surface area contributed by atoms with E-state index in [2.05, 4.69) is 0 Å². The first kappa shape index (κ1) is 14.2. The number of hydrogen-bond acceptors (Lipinski definition) is 2. The Hall–Kier alpha value is -0.730. The molecule has 20 heavy (non-hydrogen) atoms. The van der Waals surface area contributed by atoms with Crippen LogP contribution in [0.2, 0.25) is 0 Å². The zero-order valence-electron chi connectivity index (χ0n) is 12.7. The second-order valence-corrected chi connectivity index (χ2v) is 7.02. The second kappa shape index (κ2) is 6.36. The third kappa shape index (κ3) is 2.96. The van der Waals surface area contributed by atoms with Gasteiger partial charge in [-0.2, -0.15) is 0 Å². The molecule has 1 heterocycles. The van der Waals surface area contributed by atoms with E-state index in [0.717, 1.165) is 38.8 Å². The fourth-order valence-corrected chi connectivity index (χ4v) is 4.51. The normalized spacial score (nSPS) is 27.5. The van der Waals surface area contributed by atoms with E-state index in [0.29, 0.717) is 5.92 Å². The van der Waals surface area contributed by atoms with Crippen molar-refractivity contribution in [3.05, 3.63) is 0 Å². The molecule has 0 bridgehead atoms. The number of likely N-dealkylation sites (tertiary alicyclic amines) is 1. The Morgan fingerprint density at radius 2 is 1.45 bits per heavy atom. The molecule has 0 radical (unpaired) electrons. The van der Waals surface area contributed by atoms with Gasteiger partial charge in [0.05, 0.1) is 0 Å². The maximum absolute atomic E-state index is 12.5. The average molecular weight is 279 g/mol. The zero-order valence-corrected chi connectivity index (χ0v) is 12.7. The molecule has 0 unspecified atom stereocenters. The topological polar surface area (TPSA) is 29.5 Å². The second-order valence-electron chi connectivity index (χ2n) is 7.02.